The van der Waals surface area contributed by atoms with Crippen molar-refractivity contribution in [2.45, 2.75) is 53.5 Å². The molecule has 0 aromatic carbocycles. The number of hydrogen-bond acceptors (Lipinski definition) is 3. The van der Waals surface area contributed by atoms with E-state index in [2.05, 4.69) is 63.9 Å². The molecule has 1 aromatic heterocycles. The molecule has 3 nitrogen and oxygen atoms in total. The molecular weight excluding hydrogens is 234 g/mol. The van der Waals surface area contributed by atoms with Gasteiger partial charge in [0.2, 0.25) is 0 Å². The summed E-state index contributed by atoms with van der Waals surface area (Å²) >= 11 is 0. The summed E-state index contributed by atoms with van der Waals surface area (Å²) in [5, 5.41) is 3.40. The first-order chi connectivity index (χ1) is 8.92. The molecule has 0 fully saturated rings. The van der Waals surface area contributed by atoms with Crippen LogP contribution < -0.4 is 10.2 Å². The van der Waals surface area contributed by atoms with E-state index in [-0.39, 0.29) is 5.41 Å². The molecule has 19 heavy (non-hydrogen) atoms. The number of rotatable bonds is 6. The highest BCUT2D eigenvalue weighted by atomic mass is 15.2. The maximum Gasteiger partial charge on any atom is 0.129 e. The highest BCUT2D eigenvalue weighted by molar-refractivity contribution is 5.43. The summed E-state index contributed by atoms with van der Waals surface area (Å²) in [6, 6.07) is 4.44. The van der Waals surface area contributed by atoms with E-state index >= 15 is 0 Å². The van der Waals surface area contributed by atoms with Crippen LogP contribution in [0.5, 0.6) is 0 Å². The van der Waals surface area contributed by atoms with Gasteiger partial charge in [0.15, 0.2) is 0 Å². The lowest BCUT2D eigenvalue weighted by Crippen LogP contribution is -2.25. The predicted molar refractivity (Wildman–Crippen MR) is 83.9 cm³/mol. The molecule has 0 aliphatic rings. The quantitative estimate of drug-likeness (QED) is 0.853. The second-order valence-corrected chi connectivity index (χ2v) is 5.92. The lowest BCUT2D eigenvalue weighted by Gasteiger charge is -2.25. The molecule has 0 radical (unpaired) electrons. The second kappa shape index (κ2) is 6.90. The van der Waals surface area contributed by atoms with Crippen LogP contribution in [0.4, 0.5) is 5.82 Å². The third-order valence-corrected chi connectivity index (χ3v) is 3.31. The van der Waals surface area contributed by atoms with Gasteiger partial charge in [-0.3, -0.25) is 0 Å². The molecule has 0 unspecified atom stereocenters. The second-order valence-electron chi connectivity index (χ2n) is 5.92. The van der Waals surface area contributed by atoms with Gasteiger partial charge in [-0.1, -0.05) is 27.7 Å². The molecule has 0 saturated carbocycles. The van der Waals surface area contributed by atoms with E-state index in [1.807, 2.05) is 0 Å². The maximum atomic E-state index is 4.85. The zero-order valence-corrected chi connectivity index (χ0v) is 13.4. The molecule has 1 rings (SSSR count). The normalized spacial score (nSPS) is 11.7. The Labute approximate surface area is 118 Å². The zero-order chi connectivity index (χ0) is 14.5. The van der Waals surface area contributed by atoms with Crippen LogP contribution in [0.3, 0.4) is 0 Å². The maximum absolute atomic E-state index is 4.85. The molecule has 1 heterocycles. The lowest BCUT2D eigenvalue weighted by molar-refractivity contribution is 0.565. The fourth-order valence-electron chi connectivity index (χ4n) is 2.04. The van der Waals surface area contributed by atoms with Crippen molar-refractivity contribution in [1.82, 2.24) is 10.3 Å². The Morgan fingerprint density at radius 2 is 1.74 bits per heavy atom. The zero-order valence-electron chi connectivity index (χ0n) is 13.4. The van der Waals surface area contributed by atoms with Crippen LogP contribution >= 0.6 is 0 Å². The predicted octanol–water partition coefficient (Wildman–Crippen LogP) is 3.33. The number of nitrogens with one attached hydrogen (secondary N) is 1. The van der Waals surface area contributed by atoms with Crippen LogP contribution in [0, 0.1) is 0 Å². The standard InChI is InChI=1S/C16H29N3/c1-7-17-12-13-10-14(16(4,5)6)18-15(11-13)19(8-2)9-3/h10-11,17H,7-9,12H2,1-6H3. The summed E-state index contributed by atoms with van der Waals surface area (Å²) in [6.07, 6.45) is 0. The molecule has 0 atom stereocenters. The number of hydrogen-bond donors (Lipinski definition) is 1. The Balaban J connectivity index is 3.15. The van der Waals surface area contributed by atoms with Crippen molar-refractivity contribution < 1.29 is 0 Å². The van der Waals surface area contributed by atoms with Crippen molar-refractivity contribution in [1.29, 1.82) is 0 Å². The van der Waals surface area contributed by atoms with Crippen LogP contribution in [-0.2, 0) is 12.0 Å². The topological polar surface area (TPSA) is 28.2 Å². The molecule has 0 spiro atoms. The summed E-state index contributed by atoms with van der Waals surface area (Å²) < 4.78 is 0. The molecule has 0 aliphatic heterocycles. The molecule has 3 heteroatoms. The van der Waals surface area contributed by atoms with Gasteiger partial charge in [-0.2, -0.15) is 0 Å². The van der Waals surface area contributed by atoms with Gasteiger partial charge in [-0.25, -0.2) is 4.98 Å². The van der Waals surface area contributed by atoms with Crippen LogP contribution in [0.25, 0.3) is 0 Å². The lowest BCUT2D eigenvalue weighted by atomic mass is 9.90. The van der Waals surface area contributed by atoms with Crippen molar-refractivity contribution in [3.8, 4) is 0 Å². The first kappa shape index (κ1) is 16.0. The molecule has 0 bridgehead atoms. The van der Waals surface area contributed by atoms with Gasteiger partial charge in [0, 0.05) is 30.7 Å². The van der Waals surface area contributed by atoms with Crippen molar-refractivity contribution in [2.75, 3.05) is 24.5 Å². The first-order valence-electron chi connectivity index (χ1n) is 7.39. The van der Waals surface area contributed by atoms with E-state index in [4.69, 9.17) is 4.98 Å². The van der Waals surface area contributed by atoms with Gasteiger partial charge in [-0.05, 0) is 38.1 Å². The van der Waals surface area contributed by atoms with Crippen molar-refractivity contribution in [3.63, 3.8) is 0 Å². The smallest absolute Gasteiger partial charge is 0.129 e. The molecule has 108 valence electrons. The van der Waals surface area contributed by atoms with Crippen molar-refractivity contribution in [2.24, 2.45) is 0 Å². The summed E-state index contributed by atoms with van der Waals surface area (Å²) in [4.78, 5) is 7.16. The summed E-state index contributed by atoms with van der Waals surface area (Å²) in [5.74, 6) is 1.10. The van der Waals surface area contributed by atoms with Gasteiger partial charge in [0.25, 0.3) is 0 Å². The van der Waals surface area contributed by atoms with Crippen LogP contribution in [-0.4, -0.2) is 24.6 Å². The minimum absolute atomic E-state index is 0.0874. The van der Waals surface area contributed by atoms with E-state index in [0.29, 0.717) is 0 Å². The van der Waals surface area contributed by atoms with Crippen LogP contribution in [0.2, 0.25) is 0 Å². The van der Waals surface area contributed by atoms with Gasteiger partial charge in [0.05, 0.1) is 0 Å². The van der Waals surface area contributed by atoms with Gasteiger partial charge in [-0.15, -0.1) is 0 Å². The largest absolute Gasteiger partial charge is 0.357 e. The summed E-state index contributed by atoms with van der Waals surface area (Å²) in [7, 11) is 0. The summed E-state index contributed by atoms with van der Waals surface area (Å²) in [5.41, 5.74) is 2.58. The van der Waals surface area contributed by atoms with Crippen molar-refractivity contribution in [3.05, 3.63) is 23.4 Å². The van der Waals surface area contributed by atoms with Crippen LogP contribution in [0.15, 0.2) is 12.1 Å². The Bertz CT molecular complexity index is 389. The van der Waals surface area contributed by atoms with E-state index in [0.717, 1.165) is 32.0 Å². The Hall–Kier alpha value is -1.09. The molecule has 1 aromatic rings. The first-order valence-corrected chi connectivity index (χ1v) is 7.39. The van der Waals surface area contributed by atoms with E-state index in [1.165, 1.54) is 11.3 Å². The van der Waals surface area contributed by atoms with E-state index < -0.39 is 0 Å². The molecular formula is C16H29N3. The number of pyridine rings is 1. The highest BCUT2D eigenvalue weighted by Gasteiger charge is 2.18. The highest BCUT2D eigenvalue weighted by Crippen LogP contribution is 2.24. The third kappa shape index (κ3) is 4.50. The number of anilines is 1. The Morgan fingerprint density at radius 1 is 1.11 bits per heavy atom. The number of aromatic nitrogens is 1. The average Bonchev–Trinajstić information content (AvgIpc) is 2.36. The van der Waals surface area contributed by atoms with E-state index in [9.17, 15) is 0 Å². The Morgan fingerprint density at radius 3 is 2.21 bits per heavy atom. The van der Waals surface area contributed by atoms with Gasteiger partial charge in [0.1, 0.15) is 5.82 Å². The Kier molecular flexibility index (Phi) is 5.80. The molecule has 0 amide bonds. The molecule has 0 aliphatic carbocycles. The molecule has 1 N–H and O–H groups in total. The molecule has 0 saturated heterocycles. The van der Waals surface area contributed by atoms with Gasteiger partial charge >= 0.3 is 0 Å². The monoisotopic (exact) mass is 263 g/mol. The SMILES string of the molecule is CCNCc1cc(N(CC)CC)nc(C(C)(C)C)c1. The van der Waals surface area contributed by atoms with Crippen LogP contribution in [0.1, 0.15) is 52.8 Å². The average molecular weight is 263 g/mol. The minimum Gasteiger partial charge on any atom is -0.357 e. The number of nitrogens with zero attached hydrogens (tertiary/aromatic N) is 2. The fraction of sp³-hybridized carbons (Fsp3) is 0.688. The third-order valence-electron chi connectivity index (χ3n) is 3.31. The fourth-order valence-corrected chi connectivity index (χ4v) is 2.04. The minimum atomic E-state index is 0.0874. The van der Waals surface area contributed by atoms with Crippen molar-refractivity contribution >= 4 is 5.82 Å². The van der Waals surface area contributed by atoms with E-state index in [1.54, 1.807) is 0 Å². The van der Waals surface area contributed by atoms with Gasteiger partial charge < -0.3 is 10.2 Å². The summed E-state index contributed by atoms with van der Waals surface area (Å²) in [6.45, 7) is 17.1.